The molecule has 0 aromatic carbocycles. The number of carbonyl (C=O) groups excluding carboxylic acids is 1. The maximum atomic E-state index is 11.3. The van der Waals surface area contributed by atoms with Crippen molar-refractivity contribution in [3.05, 3.63) is 12.2 Å². The molecular formula is C8H14N2O. The van der Waals surface area contributed by atoms with Crippen molar-refractivity contribution in [3.63, 3.8) is 0 Å². The fourth-order valence-corrected chi connectivity index (χ4v) is 1.24. The van der Waals surface area contributed by atoms with E-state index in [1.807, 2.05) is 12.2 Å². The van der Waals surface area contributed by atoms with E-state index in [2.05, 4.69) is 0 Å². The lowest BCUT2D eigenvalue weighted by molar-refractivity contribution is -0.131. The number of amides is 1. The average Bonchev–Trinajstić information content (AvgIpc) is 2.34. The van der Waals surface area contributed by atoms with Crippen LogP contribution in [0.5, 0.6) is 0 Å². The third-order valence-corrected chi connectivity index (χ3v) is 1.87. The molecule has 1 aliphatic carbocycles. The SMILES string of the molecule is CN(C)C(=O)C1C=CC(N)C1. The van der Waals surface area contributed by atoms with Gasteiger partial charge in [0.05, 0.1) is 5.92 Å². The number of rotatable bonds is 1. The van der Waals surface area contributed by atoms with Crippen LogP contribution in [-0.4, -0.2) is 30.9 Å². The quantitative estimate of drug-likeness (QED) is 0.539. The Hall–Kier alpha value is -0.830. The highest BCUT2D eigenvalue weighted by molar-refractivity contribution is 5.80. The molecule has 0 spiro atoms. The normalized spacial score (nSPS) is 29.0. The molecule has 1 rings (SSSR count). The van der Waals surface area contributed by atoms with Crippen LogP contribution in [0.15, 0.2) is 12.2 Å². The van der Waals surface area contributed by atoms with Crippen LogP contribution in [0.4, 0.5) is 0 Å². The van der Waals surface area contributed by atoms with Crippen LogP contribution in [0.3, 0.4) is 0 Å². The highest BCUT2D eigenvalue weighted by Crippen LogP contribution is 2.17. The Morgan fingerprint density at radius 2 is 2.18 bits per heavy atom. The van der Waals surface area contributed by atoms with Crippen molar-refractivity contribution < 1.29 is 4.79 Å². The molecule has 0 saturated heterocycles. The predicted molar refractivity (Wildman–Crippen MR) is 43.9 cm³/mol. The maximum absolute atomic E-state index is 11.3. The fraction of sp³-hybridized carbons (Fsp3) is 0.625. The van der Waals surface area contributed by atoms with Crippen LogP contribution >= 0.6 is 0 Å². The topological polar surface area (TPSA) is 46.3 Å². The molecule has 1 aliphatic rings. The lowest BCUT2D eigenvalue weighted by Gasteiger charge is -2.14. The molecule has 11 heavy (non-hydrogen) atoms. The Bertz CT molecular complexity index is 187. The van der Waals surface area contributed by atoms with E-state index in [0.29, 0.717) is 0 Å². The van der Waals surface area contributed by atoms with Crippen LogP contribution in [0.25, 0.3) is 0 Å². The van der Waals surface area contributed by atoms with Crippen LogP contribution in [0.2, 0.25) is 0 Å². The van der Waals surface area contributed by atoms with Gasteiger partial charge in [-0.3, -0.25) is 4.79 Å². The van der Waals surface area contributed by atoms with Crippen molar-refractivity contribution in [2.75, 3.05) is 14.1 Å². The van der Waals surface area contributed by atoms with Crippen LogP contribution < -0.4 is 5.73 Å². The minimum absolute atomic E-state index is 0.0139. The summed E-state index contributed by atoms with van der Waals surface area (Å²) in [6.07, 6.45) is 4.55. The first kappa shape index (κ1) is 8.27. The van der Waals surface area contributed by atoms with Crippen LogP contribution in [-0.2, 0) is 4.79 Å². The minimum Gasteiger partial charge on any atom is -0.348 e. The Labute approximate surface area is 66.9 Å². The number of carbonyl (C=O) groups is 1. The Kier molecular flexibility index (Phi) is 2.29. The first-order valence-electron chi connectivity index (χ1n) is 3.76. The molecule has 0 heterocycles. The Morgan fingerprint density at radius 1 is 1.55 bits per heavy atom. The van der Waals surface area contributed by atoms with E-state index < -0.39 is 0 Å². The van der Waals surface area contributed by atoms with E-state index in [9.17, 15) is 4.79 Å². The second-order valence-corrected chi connectivity index (χ2v) is 3.12. The lowest BCUT2D eigenvalue weighted by atomic mass is 10.1. The highest BCUT2D eigenvalue weighted by Gasteiger charge is 2.23. The molecule has 1 amide bonds. The van der Waals surface area contributed by atoms with Gasteiger partial charge in [0.2, 0.25) is 5.91 Å². The summed E-state index contributed by atoms with van der Waals surface area (Å²) in [6, 6.07) is 0.0731. The number of hydrogen-bond donors (Lipinski definition) is 1. The van der Waals surface area contributed by atoms with E-state index in [1.54, 1.807) is 19.0 Å². The highest BCUT2D eigenvalue weighted by atomic mass is 16.2. The summed E-state index contributed by atoms with van der Waals surface area (Å²) in [7, 11) is 3.53. The van der Waals surface area contributed by atoms with E-state index in [1.165, 1.54) is 0 Å². The second-order valence-electron chi connectivity index (χ2n) is 3.12. The number of nitrogens with zero attached hydrogens (tertiary/aromatic N) is 1. The molecular weight excluding hydrogens is 140 g/mol. The average molecular weight is 154 g/mol. The van der Waals surface area contributed by atoms with E-state index in [-0.39, 0.29) is 17.9 Å². The van der Waals surface area contributed by atoms with Crippen molar-refractivity contribution >= 4 is 5.91 Å². The Morgan fingerprint density at radius 3 is 2.55 bits per heavy atom. The zero-order chi connectivity index (χ0) is 8.43. The lowest BCUT2D eigenvalue weighted by Crippen LogP contribution is -2.29. The molecule has 3 heteroatoms. The van der Waals surface area contributed by atoms with Gasteiger partial charge in [0.1, 0.15) is 0 Å². The van der Waals surface area contributed by atoms with Gasteiger partial charge in [-0.1, -0.05) is 12.2 Å². The standard InChI is InChI=1S/C8H14N2O/c1-10(2)8(11)6-3-4-7(9)5-6/h3-4,6-7H,5,9H2,1-2H3. The molecule has 0 fully saturated rings. The number of hydrogen-bond acceptors (Lipinski definition) is 2. The summed E-state index contributed by atoms with van der Waals surface area (Å²) in [4.78, 5) is 12.9. The fourth-order valence-electron chi connectivity index (χ4n) is 1.24. The van der Waals surface area contributed by atoms with Crippen LogP contribution in [0.1, 0.15) is 6.42 Å². The maximum Gasteiger partial charge on any atom is 0.229 e. The van der Waals surface area contributed by atoms with E-state index in [0.717, 1.165) is 6.42 Å². The van der Waals surface area contributed by atoms with Gasteiger partial charge in [-0.2, -0.15) is 0 Å². The van der Waals surface area contributed by atoms with Gasteiger partial charge < -0.3 is 10.6 Å². The largest absolute Gasteiger partial charge is 0.348 e. The second kappa shape index (κ2) is 3.05. The molecule has 0 saturated carbocycles. The molecule has 62 valence electrons. The summed E-state index contributed by atoms with van der Waals surface area (Å²) in [5, 5.41) is 0. The third kappa shape index (κ3) is 1.80. The van der Waals surface area contributed by atoms with Gasteiger partial charge in [0.25, 0.3) is 0 Å². The number of nitrogens with two attached hydrogens (primary N) is 1. The van der Waals surface area contributed by atoms with Gasteiger partial charge in [-0.15, -0.1) is 0 Å². The molecule has 3 nitrogen and oxygen atoms in total. The molecule has 0 radical (unpaired) electrons. The first-order chi connectivity index (χ1) is 5.11. The monoisotopic (exact) mass is 154 g/mol. The van der Waals surface area contributed by atoms with Gasteiger partial charge in [-0.25, -0.2) is 0 Å². The van der Waals surface area contributed by atoms with Gasteiger partial charge >= 0.3 is 0 Å². The van der Waals surface area contributed by atoms with Crippen molar-refractivity contribution in [1.29, 1.82) is 0 Å². The van der Waals surface area contributed by atoms with Crippen molar-refractivity contribution in [2.24, 2.45) is 11.7 Å². The van der Waals surface area contributed by atoms with Crippen molar-refractivity contribution in [2.45, 2.75) is 12.5 Å². The summed E-state index contributed by atoms with van der Waals surface area (Å²) >= 11 is 0. The van der Waals surface area contributed by atoms with Gasteiger partial charge in [0.15, 0.2) is 0 Å². The molecule has 2 atom stereocenters. The summed E-state index contributed by atoms with van der Waals surface area (Å²) in [5.41, 5.74) is 5.61. The van der Waals surface area contributed by atoms with Gasteiger partial charge in [-0.05, 0) is 6.42 Å². The van der Waals surface area contributed by atoms with E-state index in [4.69, 9.17) is 5.73 Å². The zero-order valence-corrected chi connectivity index (χ0v) is 6.95. The molecule has 2 N–H and O–H groups in total. The molecule has 0 aromatic rings. The summed E-state index contributed by atoms with van der Waals surface area (Å²) in [5.74, 6) is 0.161. The van der Waals surface area contributed by atoms with E-state index >= 15 is 0 Å². The predicted octanol–water partition coefficient (Wildman–Crippen LogP) is -0.0220. The molecule has 0 bridgehead atoms. The minimum atomic E-state index is 0.0139. The Balaban J connectivity index is 2.51. The van der Waals surface area contributed by atoms with Crippen LogP contribution in [0, 0.1) is 5.92 Å². The van der Waals surface area contributed by atoms with Crippen molar-refractivity contribution in [1.82, 2.24) is 4.90 Å². The molecule has 0 aliphatic heterocycles. The van der Waals surface area contributed by atoms with Crippen molar-refractivity contribution in [3.8, 4) is 0 Å². The zero-order valence-electron chi connectivity index (χ0n) is 6.95. The first-order valence-corrected chi connectivity index (χ1v) is 3.76. The summed E-state index contributed by atoms with van der Waals surface area (Å²) < 4.78 is 0. The molecule has 0 aromatic heterocycles. The third-order valence-electron chi connectivity index (χ3n) is 1.87. The smallest absolute Gasteiger partial charge is 0.229 e. The summed E-state index contributed by atoms with van der Waals surface area (Å²) in [6.45, 7) is 0. The van der Waals surface area contributed by atoms with Gasteiger partial charge in [0, 0.05) is 20.1 Å². The molecule has 2 unspecified atom stereocenters.